The van der Waals surface area contributed by atoms with Crippen molar-refractivity contribution in [1.29, 1.82) is 0 Å². The van der Waals surface area contributed by atoms with Crippen molar-refractivity contribution >= 4 is 40.6 Å². The summed E-state index contributed by atoms with van der Waals surface area (Å²) in [7, 11) is 0. The van der Waals surface area contributed by atoms with Crippen LogP contribution in [0.1, 0.15) is 27.6 Å². The van der Waals surface area contributed by atoms with Crippen molar-refractivity contribution in [2.24, 2.45) is 0 Å². The van der Waals surface area contributed by atoms with E-state index in [1.165, 1.54) is 0 Å². The number of Topliss-reactive ketones (excluding diaryl/α,β-unsaturated/α-hetero) is 1. The van der Waals surface area contributed by atoms with Gasteiger partial charge in [0.2, 0.25) is 5.78 Å². The molecule has 0 saturated carbocycles. The van der Waals surface area contributed by atoms with Crippen molar-refractivity contribution in [3.63, 3.8) is 0 Å². The molecule has 0 aliphatic carbocycles. The van der Waals surface area contributed by atoms with Gasteiger partial charge in [-0.15, -0.1) is 0 Å². The van der Waals surface area contributed by atoms with Crippen LogP contribution in [0.15, 0.2) is 72.8 Å². The van der Waals surface area contributed by atoms with Gasteiger partial charge in [-0.25, -0.2) is 0 Å². The van der Waals surface area contributed by atoms with Gasteiger partial charge < -0.3 is 10.1 Å². The number of carbonyl (C=O) groups excluding carboxylic acids is 2. The van der Waals surface area contributed by atoms with E-state index < -0.39 is 6.10 Å². The Morgan fingerprint density at radius 2 is 1.64 bits per heavy atom. The summed E-state index contributed by atoms with van der Waals surface area (Å²) in [4.78, 5) is 24.9. The predicted octanol–water partition coefficient (Wildman–Crippen LogP) is 5.90. The average molecular weight is 414 g/mol. The van der Waals surface area contributed by atoms with E-state index in [0.717, 1.165) is 0 Å². The van der Waals surface area contributed by atoms with E-state index in [1.807, 2.05) is 0 Å². The molecule has 3 aromatic rings. The maximum absolute atomic E-state index is 12.5. The lowest BCUT2D eigenvalue weighted by atomic mass is 10.1. The zero-order valence-electron chi connectivity index (χ0n) is 15.0. The van der Waals surface area contributed by atoms with Gasteiger partial charge in [0.1, 0.15) is 5.75 Å². The summed E-state index contributed by atoms with van der Waals surface area (Å²) < 4.78 is 5.75. The van der Waals surface area contributed by atoms with Gasteiger partial charge >= 0.3 is 0 Å². The molecule has 0 heterocycles. The van der Waals surface area contributed by atoms with Crippen molar-refractivity contribution in [1.82, 2.24) is 0 Å². The third-order valence-corrected chi connectivity index (χ3v) is 4.60. The summed E-state index contributed by atoms with van der Waals surface area (Å²) in [6.45, 7) is 1.67. The molecule has 6 heteroatoms. The van der Waals surface area contributed by atoms with Crippen LogP contribution in [0.5, 0.6) is 5.75 Å². The SMILES string of the molecule is CC(Oc1cccc(NC(=O)c2ccccc2Cl)c1)C(=O)c1ccc(Cl)cc1. The number of hydrogen-bond acceptors (Lipinski definition) is 3. The second-order valence-electron chi connectivity index (χ2n) is 6.09. The number of benzene rings is 3. The number of nitrogens with one attached hydrogen (secondary N) is 1. The van der Waals surface area contributed by atoms with Crippen LogP contribution in [-0.2, 0) is 0 Å². The highest BCUT2D eigenvalue weighted by Gasteiger charge is 2.17. The third kappa shape index (κ3) is 4.91. The van der Waals surface area contributed by atoms with Gasteiger partial charge in [-0.2, -0.15) is 0 Å². The van der Waals surface area contributed by atoms with Crippen LogP contribution in [0.3, 0.4) is 0 Å². The van der Waals surface area contributed by atoms with Crippen LogP contribution in [0.25, 0.3) is 0 Å². The molecule has 1 unspecified atom stereocenters. The Morgan fingerprint density at radius 3 is 2.36 bits per heavy atom. The van der Waals surface area contributed by atoms with Crippen LogP contribution in [0, 0.1) is 0 Å². The van der Waals surface area contributed by atoms with Crippen LogP contribution < -0.4 is 10.1 Å². The lowest BCUT2D eigenvalue weighted by Gasteiger charge is -2.15. The molecule has 3 rings (SSSR count). The number of halogens is 2. The number of anilines is 1. The molecule has 1 amide bonds. The van der Waals surface area contributed by atoms with E-state index >= 15 is 0 Å². The van der Waals surface area contributed by atoms with Gasteiger partial charge in [0.15, 0.2) is 6.10 Å². The highest BCUT2D eigenvalue weighted by Crippen LogP contribution is 2.22. The first-order valence-corrected chi connectivity index (χ1v) is 9.32. The summed E-state index contributed by atoms with van der Waals surface area (Å²) in [6.07, 6.45) is -0.698. The highest BCUT2D eigenvalue weighted by molar-refractivity contribution is 6.34. The first-order valence-electron chi connectivity index (χ1n) is 8.56. The first kappa shape index (κ1) is 19.9. The van der Waals surface area contributed by atoms with E-state index in [1.54, 1.807) is 79.7 Å². The molecule has 0 saturated heterocycles. The Balaban J connectivity index is 1.69. The summed E-state index contributed by atoms with van der Waals surface area (Å²) >= 11 is 11.9. The van der Waals surface area contributed by atoms with E-state index in [2.05, 4.69) is 5.32 Å². The second kappa shape index (κ2) is 8.91. The van der Waals surface area contributed by atoms with Crippen LogP contribution >= 0.6 is 23.2 Å². The summed E-state index contributed by atoms with van der Waals surface area (Å²) in [5.41, 5.74) is 1.43. The number of ketones is 1. The normalized spacial score (nSPS) is 11.5. The molecule has 0 aromatic heterocycles. The Hall–Kier alpha value is -2.82. The molecule has 0 aliphatic rings. The minimum Gasteiger partial charge on any atom is -0.482 e. The lowest BCUT2D eigenvalue weighted by molar-refractivity contribution is 0.0818. The molecule has 142 valence electrons. The minimum absolute atomic E-state index is 0.165. The Labute approximate surface area is 173 Å². The Bertz CT molecular complexity index is 1000. The smallest absolute Gasteiger partial charge is 0.257 e. The molecular formula is C22H17Cl2NO3. The minimum atomic E-state index is -0.698. The van der Waals surface area contributed by atoms with Crippen molar-refractivity contribution in [3.8, 4) is 5.75 Å². The maximum Gasteiger partial charge on any atom is 0.257 e. The van der Waals surface area contributed by atoms with Crippen LogP contribution in [0.2, 0.25) is 10.0 Å². The van der Waals surface area contributed by atoms with E-state index in [-0.39, 0.29) is 11.7 Å². The fourth-order valence-electron chi connectivity index (χ4n) is 2.60. The molecule has 0 bridgehead atoms. The number of amides is 1. The van der Waals surface area contributed by atoms with Gasteiger partial charge in [0, 0.05) is 22.3 Å². The van der Waals surface area contributed by atoms with Gasteiger partial charge in [0.25, 0.3) is 5.91 Å². The van der Waals surface area contributed by atoms with Gasteiger partial charge in [-0.3, -0.25) is 9.59 Å². The van der Waals surface area contributed by atoms with E-state index in [0.29, 0.717) is 32.6 Å². The molecule has 1 atom stereocenters. The van der Waals surface area contributed by atoms with Gasteiger partial charge in [-0.05, 0) is 55.5 Å². The zero-order valence-corrected chi connectivity index (χ0v) is 16.5. The van der Waals surface area contributed by atoms with Crippen molar-refractivity contribution in [2.75, 3.05) is 5.32 Å². The van der Waals surface area contributed by atoms with E-state index in [9.17, 15) is 9.59 Å². The van der Waals surface area contributed by atoms with Gasteiger partial charge in [0.05, 0.1) is 10.6 Å². The second-order valence-corrected chi connectivity index (χ2v) is 6.94. The van der Waals surface area contributed by atoms with Crippen molar-refractivity contribution in [3.05, 3.63) is 94.0 Å². The summed E-state index contributed by atoms with van der Waals surface area (Å²) in [5.74, 6) is -0.0259. The molecule has 0 aliphatic heterocycles. The molecular weight excluding hydrogens is 397 g/mol. The number of rotatable bonds is 6. The average Bonchev–Trinajstić information content (AvgIpc) is 2.68. The standard InChI is InChI=1S/C22H17Cl2NO3/c1-14(21(26)15-9-11-16(23)12-10-15)28-18-6-4-5-17(13-18)25-22(27)19-7-2-3-8-20(19)24/h2-14H,1H3,(H,25,27). The van der Waals surface area contributed by atoms with E-state index in [4.69, 9.17) is 27.9 Å². The van der Waals surface area contributed by atoms with Crippen molar-refractivity contribution in [2.45, 2.75) is 13.0 Å². The van der Waals surface area contributed by atoms with Crippen LogP contribution in [0.4, 0.5) is 5.69 Å². The molecule has 0 radical (unpaired) electrons. The fraction of sp³-hybridized carbons (Fsp3) is 0.0909. The molecule has 1 N–H and O–H groups in total. The largest absolute Gasteiger partial charge is 0.482 e. The highest BCUT2D eigenvalue weighted by atomic mass is 35.5. The molecule has 0 fully saturated rings. The van der Waals surface area contributed by atoms with Crippen LogP contribution in [-0.4, -0.2) is 17.8 Å². The predicted molar refractivity (Wildman–Crippen MR) is 112 cm³/mol. The summed E-state index contributed by atoms with van der Waals surface area (Å²) in [5, 5.41) is 3.71. The molecule has 0 spiro atoms. The Kier molecular flexibility index (Phi) is 6.34. The molecule has 28 heavy (non-hydrogen) atoms. The third-order valence-electron chi connectivity index (χ3n) is 4.02. The van der Waals surface area contributed by atoms with Crippen molar-refractivity contribution < 1.29 is 14.3 Å². The quantitative estimate of drug-likeness (QED) is 0.512. The summed E-state index contributed by atoms with van der Waals surface area (Å²) in [6, 6.07) is 20.3. The lowest BCUT2D eigenvalue weighted by Crippen LogP contribution is -2.24. The number of ether oxygens (including phenoxy) is 1. The Morgan fingerprint density at radius 1 is 0.929 bits per heavy atom. The number of carbonyl (C=O) groups is 2. The van der Waals surface area contributed by atoms with Gasteiger partial charge in [-0.1, -0.05) is 41.4 Å². The molecule has 4 nitrogen and oxygen atoms in total. The maximum atomic E-state index is 12.5. The first-order chi connectivity index (χ1) is 13.4. The topological polar surface area (TPSA) is 55.4 Å². The monoisotopic (exact) mass is 413 g/mol. The molecule has 3 aromatic carbocycles. The number of hydrogen-bond donors (Lipinski definition) is 1. The fourth-order valence-corrected chi connectivity index (χ4v) is 2.94. The zero-order chi connectivity index (χ0) is 20.1.